The fourth-order valence-electron chi connectivity index (χ4n) is 4.44. The van der Waals surface area contributed by atoms with Crippen molar-refractivity contribution in [2.45, 2.75) is 26.7 Å². The van der Waals surface area contributed by atoms with Crippen molar-refractivity contribution in [3.05, 3.63) is 106 Å². The molecule has 3 N–H and O–H groups in total. The van der Waals surface area contributed by atoms with Crippen molar-refractivity contribution in [1.29, 1.82) is 5.26 Å². The fourth-order valence-corrected chi connectivity index (χ4v) is 5.33. The maximum Gasteiger partial charge on any atom is 0.254 e. The quantitative estimate of drug-likeness (QED) is 0.253. The zero-order valence-electron chi connectivity index (χ0n) is 23.2. The van der Waals surface area contributed by atoms with E-state index in [1.807, 2.05) is 56.3 Å². The van der Waals surface area contributed by atoms with E-state index in [9.17, 15) is 14.9 Å². The summed E-state index contributed by atoms with van der Waals surface area (Å²) in [5.41, 5.74) is 3.45. The lowest BCUT2D eigenvalue weighted by Gasteiger charge is -2.30. The maximum absolute atomic E-state index is 13.6. The number of carbonyl (C=O) groups excluding carboxylic acids is 2. The number of hydrogen-bond donors (Lipinski definition) is 3. The molecule has 0 fully saturated rings. The van der Waals surface area contributed by atoms with Gasteiger partial charge in [0.05, 0.1) is 41.6 Å². The van der Waals surface area contributed by atoms with Crippen LogP contribution in [-0.2, 0) is 9.59 Å². The zero-order chi connectivity index (χ0) is 29.2. The van der Waals surface area contributed by atoms with Gasteiger partial charge < -0.3 is 25.4 Å². The van der Waals surface area contributed by atoms with Crippen LogP contribution in [0.3, 0.4) is 0 Å². The minimum atomic E-state index is -0.641. The summed E-state index contributed by atoms with van der Waals surface area (Å²) < 4.78 is 11.0. The molecule has 3 aromatic rings. The van der Waals surface area contributed by atoms with E-state index >= 15 is 0 Å². The molecule has 1 unspecified atom stereocenters. The van der Waals surface area contributed by atoms with Gasteiger partial charge in [0.2, 0.25) is 5.91 Å². The Hall–Kier alpha value is -4.68. The number of anilines is 2. The molecule has 0 aliphatic carbocycles. The first-order valence-electron chi connectivity index (χ1n) is 13.3. The molecule has 0 aromatic heterocycles. The third-order valence-corrected chi connectivity index (χ3v) is 7.26. The molecule has 0 saturated carbocycles. The molecule has 1 aliphatic rings. The number of nitrogens with zero attached hydrogens (tertiary/aromatic N) is 1. The highest BCUT2D eigenvalue weighted by molar-refractivity contribution is 8.03. The number of allylic oxidation sites excluding steroid dienone is 2. The molecular weight excluding hydrogens is 536 g/mol. The number of para-hydroxylation sites is 1. The Morgan fingerprint density at radius 3 is 2.05 bits per heavy atom. The monoisotopic (exact) mass is 568 g/mol. The Bertz CT molecular complexity index is 1480. The van der Waals surface area contributed by atoms with Crippen LogP contribution in [0.5, 0.6) is 11.5 Å². The number of nitriles is 1. The largest absolute Gasteiger partial charge is 0.494 e. The van der Waals surface area contributed by atoms with Crippen LogP contribution in [0.2, 0.25) is 0 Å². The van der Waals surface area contributed by atoms with Gasteiger partial charge in [-0.15, -0.1) is 0 Å². The Labute approximate surface area is 244 Å². The van der Waals surface area contributed by atoms with Gasteiger partial charge in [-0.1, -0.05) is 42.1 Å². The number of benzene rings is 3. The van der Waals surface area contributed by atoms with E-state index in [1.165, 1.54) is 11.8 Å². The first-order valence-corrected chi connectivity index (χ1v) is 14.3. The summed E-state index contributed by atoms with van der Waals surface area (Å²) in [4.78, 5) is 26.4. The van der Waals surface area contributed by atoms with Crippen molar-refractivity contribution in [3.63, 3.8) is 0 Å². The number of carbonyl (C=O) groups is 2. The Balaban J connectivity index is 1.59. The van der Waals surface area contributed by atoms with Gasteiger partial charge in [0.15, 0.2) is 0 Å². The number of hydrogen-bond acceptors (Lipinski definition) is 7. The lowest BCUT2D eigenvalue weighted by Crippen LogP contribution is -2.31. The van der Waals surface area contributed by atoms with Crippen molar-refractivity contribution in [2.75, 3.05) is 29.6 Å². The number of nitrogens with one attached hydrogen (secondary N) is 3. The van der Waals surface area contributed by atoms with E-state index in [2.05, 4.69) is 22.0 Å². The van der Waals surface area contributed by atoms with Crippen molar-refractivity contribution < 1.29 is 19.1 Å². The molecule has 1 heterocycles. The molecule has 0 bridgehead atoms. The van der Waals surface area contributed by atoms with Gasteiger partial charge >= 0.3 is 0 Å². The molecule has 9 heteroatoms. The third-order valence-electron chi connectivity index (χ3n) is 6.24. The molecule has 2 amide bonds. The van der Waals surface area contributed by atoms with Gasteiger partial charge in [-0.05, 0) is 74.9 Å². The second-order valence-electron chi connectivity index (χ2n) is 9.07. The molecule has 4 rings (SSSR count). The number of thioether (sulfide) groups is 1. The smallest absolute Gasteiger partial charge is 0.254 e. The topological polar surface area (TPSA) is 112 Å². The van der Waals surface area contributed by atoms with Gasteiger partial charge in [-0.2, -0.15) is 5.26 Å². The summed E-state index contributed by atoms with van der Waals surface area (Å²) in [6, 6.07) is 26.0. The van der Waals surface area contributed by atoms with Gasteiger partial charge in [0.1, 0.15) is 11.5 Å². The Morgan fingerprint density at radius 2 is 1.46 bits per heavy atom. The standard InChI is InChI=1S/C32H32N4O4S/c1-4-39-25-15-11-22(12-16-25)30-27(19-33)32(34-21(3)29(30)31(38)36-23-9-7-6-8-10-23)41-20-28(37)35-24-13-17-26(18-14-24)40-5-2/h6-18,30,34H,4-5,20H2,1-3H3,(H,35,37)(H,36,38). The first kappa shape index (κ1) is 29.3. The molecule has 0 spiro atoms. The van der Waals surface area contributed by atoms with Crippen molar-refractivity contribution >= 4 is 35.0 Å². The summed E-state index contributed by atoms with van der Waals surface area (Å²) in [5.74, 6) is 0.310. The third kappa shape index (κ3) is 7.50. The molecule has 1 atom stereocenters. The number of amides is 2. The molecule has 0 radical (unpaired) electrons. The van der Waals surface area contributed by atoms with Crippen molar-refractivity contribution in [1.82, 2.24) is 5.32 Å². The first-order chi connectivity index (χ1) is 19.9. The van der Waals surface area contributed by atoms with Gasteiger partial charge in [-0.3, -0.25) is 9.59 Å². The average molecular weight is 569 g/mol. The number of ether oxygens (including phenoxy) is 2. The lowest BCUT2D eigenvalue weighted by atomic mass is 9.82. The summed E-state index contributed by atoms with van der Waals surface area (Å²) in [6.07, 6.45) is 0. The molecule has 8 nitrogen and oxygen atoms in total. The van der Waals surface area contributed by atoms with E-state index in [-0.39, 0.29) is 17.6 Å². The van der Waals surface area contributed by atoms with Crippen LogP contribution >= 0.6 is 11.8 Å². The predicted octanol–water partition coefficient (Wildman–Crippen LogP) is 6.19. The second kappa shape index (κ2) is 14.1. The summed E-state index contributed by atoms with van der Waals surface area (Å²) in [6.45, 7) is 6.71. The van der Waals surface area contributed by atoms with Crippen LogP contribution in [-0.4, -0.2) is 30.8 Å². The minimum Gasteiger partial charge on any atom is -0.494 e. The number of dihydropyridines is 1. The lowest BCUT2D eigenvalue weighted by molar-refractivity contribution is -0.114. The van der Waals surface area contributed by atoms with E-state index < -0.39 is 5.92 Å². The molecule has 3 aromatic carbocycles. The summed E-state index contributed by atoms with van der Waals surface area (Å²) >= 11 is 1.22. The summed E-state index contributed by atoms with van der Waals surface area (Å²) in [5, 5.41) is 19.9. The van der Waals surface area contributed by atoms with Crippen LogP contribution in [0.1, 0.15) is 32.3 Å². The molecule has 210 valence electrons. The van der Waals surface area contributed by atoms with Crippen LogP contribution in [0, 0.1) is 11.3 Å². The predicted molar refractivity (Wildman–Crippen MR) is 163 cm³/mol. The zero-order valence-corrected chi connectivity index (χ0v) is 24.0. The molecule has 0 saturated heterocycles. The van der Waals surface area contributed by atoms with E-state index in [1.54, 1.807) is 43.3 Å². The van der Waals surface area contributed by atoms with E-state index in [4.69, 9.17) is 9.47 Å². The van der Waals surface area contributed by atoms with E-state index in [0.29, 0.717) is 52.2 Å². The van der Waals surface area contributed by atoms with Crippen LogP contribution in [0.4, 0.5) is 11.4 Å². The Morgan fingerprint density at radius 1 is 0.878 bits per heavy atom. The van der Waals surface area contributed by atoms with Crippen LogP contribution in [0.15, 0.2) is 101 Å². The van der Waals surface area contributed by atoms with Crippen molar-refractivity contribution in [2.24, 2.45) is 0 Å². The van der Waals surface area contributed by atoms with Gasteiger partial charge in [0, 0.05) is 22.6 Å². The second-order valence-corrected chi connectivity index (χ2v) is 10.1. The Kier molecular flexibility index (Phi) is 10.1. The SMILES string of the molecule is CCOc1ccc(NC(=O)CSC2=C(C#N)C(c3ccc(OCC)cc3)C(C(=O)Nc3ccccc3)=C(C)N2)cc1. The highest BCUT2D eigenvalue weighted by Gasteiger charge is 2.35. The average Bonchev–Trinajstić information content (AvgIpc) is 2.98. The molecular formula is C32H32N4O4S. The van der Waals surface area contributed by atoms with Crippen molar-refractivity contribution in [3.8, 4) is 17.6 Å². The van der Waals surface area contributed by atoms with Crippen LogP contribution in [0.25, 0.3) is 0 Å². The van der Waals surface area contributed by atoms with Crippen LogP contribution < -0.4 is 25.4 Å². The molecule has 1 aliphatic heterocycles. The number of rotatable bonds is 11. The molecule has 41 heavy (non-hydrogen) atoms. The fraction of sp³-hybridized carbons (Fsp3) is 0.219. The minimum absolute atomic E-state index is 0.0650. The normalized spacial score (nSPS) is 14.5. The van der Waals surface area contributed by atoms with Gasteiger partial charge in [-0.25, -0.2) is 0 Å². The highest BCUT2D eigenvalue weighted by Crippen LogP contribution is 2.41. The van der Waals surface area contributed by atoms with E-state index in [0.717, 1.165) is 11.3 Å². The maximum atomic E-state index is 13.6. The summed E-state index contributed by atoms with van der Waals surface area (Å²) in [7, 11) is 0. The highest BCUT2D eigenvalue weighted by atomic mass is 32.2. The van der Waals surface area contributed by atoms with Gasteiger partial charge in [0.25, 0.3) is 5.91 Å².